The predicted octanol–water partition coefficient (Wildman–Crippen LogP) is 3.72. The van der Waals surface area contributed by atoms with Gasteiger partial charge in [0.15, 0.2) is 0 Å². The monoisotopic (exact) mass is 456 g/mol. The summed E-state index contributed by atoms with van der Waals surface area (Å²) in [6.45, 7) is 3.30. The Labute approximate surface area is 189 Å². The summed E-state index contributed by atoms with van der Waals surface area (Å²) in [6, 6.07) is 11.3. The Hall–Kier alpha value is -2.75. The molecule has 0 aromatic carbocycles. The smallest absolute Gasteiger partial charge is 0.257 e. The van der Waals surface area contributed by atoms with E-state index in [1.54, 1.807) is 28.9 Å². The molecule has 0 saturated carbocycles. The SMILES string of the molecule is CCN(CC(=O)NCc1cccs1)CC(=O)N1N=C(c2cccs2)C[C@@H]1c1ccco1. The van der Waals surface area contributed by atoms with E-state index in [0.29, 0.717) is 25.3 Å². The van der Waals surface area contributed by atoms with E-state index < -0.39 is 0 Å². The molecule has 0 fully saturated rings. The molecule has 1 aliphatic rings. The third kappa shape index (κ3) is 5.30. The molecule has 1 aliphatic heterocycles. The Morgan fingerprint density at radius 2 is 2.03 bits per heavy atom. The number of carbonyl (C=O) groups is 2. The first kappa shape index (κ1) is 21.5. The van der Waals surface area contributed by atoms with Gasteiger partial charge in [0.05, 0.1) is 36.5 Å². The number of nitrogens with one attached hydrogen (secondary N) is 1. The quantitative estimate of drug-likeness (QED) is 0.532. The molecule has 0 unspecified atom stereocenters. The molecule has 0 spiro atoms. The molecule has 0 bridgehead atoms. The predicted molar refractivity (Wildman–Crippen MR) is 122 cm³/mol. The molecule has 0 saturated heterocycles. The van der Waals surface area contributed by atoms with Gasteiger partial charge in [-0.05, 0) is 41.6 Å². The van der Waals surface area contributed by atoms with Crippen LogP contribution in [0.25, 0.3) is 0 Å². The minimum atomic E-state index is -0.272. The van der Waals surface area contributed by atoms with Gasteiger partial charge in [-0.1, -0.05) is 19.1 Å². The third-order valence-corrected chi connectivity index (χ3v) is 6.85. The van der Waals surface area contributed by atoms with E-state index in [0.717, 1.165) is 15.5 Å². The number of nitrogens with zero attached hydrogens (tertiary/aromatic N) is 3. The van der Waals surface area contributed by atoms with Gasteiger partial charge in [-0.25, -0.2) is 5.01 Å². The number of rotatable bonds is 9. The molecule has 4 heterocycles. The fraction of sp³-hybridized carbons (Fsp3) is 0.318. The van der Waals surface area contributed by atoms with Crippen LogP contribution in [0.2, 0.25) is 0 Å². The van der Waals surface area contributed by atoms with Crippen LogP contribution in [-0.4, -0.2) is 47.1 Å². The van der Waals surface area contributed by atoms with Crippen LogP contribution in [0.15, 0.2) is 62.9 Å². The number of furan rings is 1. The highest BCUT2D eigenvalue weighted by Crippen LogP contribution is 2.34. The molecule has 0 radical (unpaired) electrons. The Kier molecular flexibility index (Phi) is 6.96. The van der Waals surface area contributed by atoms with Gasteiger partial charge < -0.3 is 9.73 Å². The molecular formula is C22H24N4O3S2. The van der Waals surface area contributed by atoms with Crippen molar-refractivity contribution in [3.63, 3.8) is 0 Å². The first-order valence-corrected chi connectivity index (χ1v) is 11.9. The summed E-state index contributed by atoms with van der Waals surface area (Å²) in [5, 5.41) is 13.0. The van der Waals surface area contributed by atoms with Gasteiger partial charge in [0.25, 0.3) is 5.91 Å². The second kappa shape index (κ2) is 10.0. The topological polar surface area (TPSA) is 78.2 Å². The molecule has 3 aromatic rings. The van der Waals surface area contributed by atoms with Crippen LogP contribution in [0.4, 0.5) is 0 Å². The van der Waals surface area contributed by atoms with Crippen molar-refractivity contribution < 1.29 is 14.0 Å². The van der Waals surface area contributed by atoms with E-state index in [2.05, 4.69) is 10.4 Å². The zero-order valence-electron chi connectivity index (χ0n) is 17.2. The summed E-state index contributed by atoms with van der Waals surface area (Å²) in [5.74, 6) is 0.455. The molecule has 1 atom stereocenters. The molecule has 7 nitrogen and oxygen atoms in total. The van der Waals surface area contributed by atoms with Gasteiger partial charge in [0, 0.05) is 11.3 Å². The fourth-order valence-corrected chi connectivity index (χ4v) is 4.80. The molecule has 31 heavy (non-hydrogen) atoms. The number of amides is 2. The molecule has 1 N–H and O–H groups in total. The van der Waals surface area contributed by atoms with Crippen molar-refractivity contribution in [2.75, 3.05) is 19.6 Å². The molecule has 2 amide bonds. The molecule has 0 aliphatic carbocycles. The third-order valence-electron chi connectivity index (χ3n) is 5.06. The average molecular weight is 457 g/mol. The van der Waals surface area contributed by atoms with Crippen molar-refractivity contribution in [1.29, 1.82) is 0 Å². The highest BCUT2D eigenvalue weighted by atomic mass is 32.1. The Bertz CT molecular complexity index is 1010. The van der Waals surface area contributed by atoms with Gasteiger partial charge >= 0.3 is 0 Å². The lowest BCUT2D eigenvalue weighted by Gasteiger charge is -2.24. The minimum Gasteiger partial charge on any atom is -0.467 e. The number of hydrazone groups is 1. The largest absolute Gasteiger partial charge is 0.467 e. The number of likely N-dealkylation sites (N-methyl/N-ethyl adjacent to an activating group) is 1. The van der Waals surface area contributed by atoms with Crippen LogP contribution in [0.5, 0.6) is 0 Å². The second-order valence-electron chi connectivity index (χ2n) is 7.16. The molecule has 9 heteroatoms. The lowest BCUT2D eigenvalue weighted by atomic mass is 10.1. The highest BCUT2D eigenvalue weighted by molar-refractivity contribution is 7.12. The van der Waals surface area contributed by atoms with Crippen LogP contribution in [0.3, 0.4) is 0 Å². The van der Waals surface area contributed by atoms with Crippen molar-refractivity contribution in [1.82, 2.24) is 15.2 Å². The van der Waals surface area contributed by atoms with Gasteiger partial charge in [-0.15, -0.1) is 22.7 Å². The van der Waals surface area contributed by atoms with Gasteiger partial charge in [-0.3, -0.25) is 14.5 Å². The van der Waals surface area contributed by atoms with E-state index in [4.69, 9.17) is 4.42 Å². The highest BCUT2D eigenvalue weighted by Gasteiger charge is 2.35. The van der Waals surface area contributed by atoms with Gasteiger partial charge in [0.2, 0.25) is 5.91 Å². The maximum Gasteiger partial charge on any atom is 0.257 e. The average Bonchev–Trinajstić information content (AvgIpc) is 3.58. The molecule has 3 aromatic heterocycles. The zero-order chi connectivity index (χ0) is 21.6. The first-order valence-electron chi connectivity index (χ1n) is 10.1. The van der Waals surface area contributed by atoms with Crippen LogP contribution >= 0.6 is 22.7 Å². The van der Waals surface area contributed by atoms with Crippen molar-refractivity contribution in [2.24, 2.45) is 5.10 Å². The normalized spacial score (nSPS) is 16.0. The Morgan fingerprint density at radius 3 is 2.71 bits per heavy atom. The van der Waals surface area contributed by atoms with Crippen molar-refractivity contribution in [3.8, 4) is 0 Å². The standard InChI is InChI=1S/C22H24N4O3S2/c1-2-25(14-21(27)23-13-16-6-4-10-30-16)15-22(28)26-18(19-7-3-9-29-19)12-17(24-26)20-8-5-11-31-20/h3-11,18H,2,12-15H2,1H3,(H,23,27)/t18-/m1/s1. The maximum atomic E-state index is 13.2. The van der Waals surface area contributed by atoms with Crippen LogP contribution in [0, 0.1) is 0 Å². The second-order valence-corrected chi connectivity index (χ2v) is 9.14. The number of thiophene rings is 2. The van der Waals surface area contributed by atoms with Gasteiger partial charge in [0.1, 0.15) is 11.8 Å². The fourth-order valence-electron chi connectivity index (χ4n) is 3.44. The lowest BCUT2D eigenvalue weighted by Crippen LogP contribution is -2.43. The summed E-state index contributed by atoms with van der Waals surface area (Å²) in [5.41, 5.74) is 0.876. The van der Waals surface area contributed by atoms with E-state index >= 15 is 0 Å². The van der Waals surface area contributed by atoms with E-state index in [1.807, 2.05) is 59.0 Å². The summed E-state index contributed by atoms with van der Waals surface area (Å²) in [7, 11) is 0. The molecule has 4 rings (SSSR count). The van der Waals surface area contributed by atoms with Crippen LogP contribution in [-0.2, 0) is 16.1 Å². The minimum absolute atomic E-state index is 0.102. The first-order chi connectivity index (χ1) is 15.1. The van der Waals surface area contributed by atoms with E-state index in [-0.39, 0.29) is 30.9 Å². The molecule has 162 valence electrons. The molecular weight excluding hydrogens is 432 g/mol. The Balaban J connectivity index is 1.40. The number of hydrogen-bond donors (Lipinski definition) is 1. The van der Waals surface area contributed by atoms with Crippen molar-refractivity contribution in [3.05, 3.63) is 68.9 Å². The zero-order valence-corrected chi connectivity index (χ0v) is 18.8. The van der Waals surface area contributed by atoms with Crippen LogP contribution < -0.4 is 5.32 Å². The number of hydrogen-bond acceptors (Lipinski definition) is 7. The van der Waals surface area contributed by atoms with E-state index in [1.165, 1.54) is 5.01 Å². The van der Waals surface area contributed by atoms with Gasteiger partial charge in [-0.2, -0.15) is 5.10 Å². The van der Waals surface area contributed by atoms with Crippen LogP contribution in [0.1, 0.15) is 34.9 Å². The maximum absolute atomic E-state index is 13.2. The van der Waals surface area contributed by atoms with Crippen molar-refractivity contribution in [2.45, 2.75) is 25.9 Å². The summed E-state index contributed by atoms with van der Waals surface area (Å²) in [4.78, 5) is 29.5. The van der Waals surface area contributed by atoms with Crippen molar-refractivity contribution >= 4 is 40.2 Å². The lowest BCUT2D eigenvalue weighted by molar-refractivity contribution is -0.135. The number of carbonyl (C=O) groups excluding carboxylic acids is 2. The summed E-state index contributed by atoms with van der Waals surface area (Å²) < 4.78 is 5.59. The Morgan fingerprint density at radius 1 is 1.19 bits per heavy atom. The summed E-state index contributed by atoms with van der Waals surface area (Å²) in [6.07, 6.45) is 2.21. The van der Waals surface area contributed by atoms with E-state index in [9.17, 15) is 9.59 Å². The summed E-state index contributed by atoms with van der Waals surface area (Å²) >= 11 is 3.21.